The number of aromatic nitrogens is 5. The summed E-state index contributed by atoms with van der Waals surface area (Å²) in [5.41, 5.74) is 4.43. The first kappa shape index (κ1) is 23.4. The summed E-state index contributed by atoms with van der Waals surface area (Å²) in [6.45, 7) is 5.91. The molecule has 3 aromatic heterocycles. The second kappa shape index (κ2) is 9.74. The average Bonchev–Trinajstić information content (AvgIpc) is 3.29. The van der Waals surface area contributed by atoms with Crippen molar-refractivity contribution in [1.29, 1.82) is 0 Å². The SMILES string of the molecule is CCCS(=O)(=O)Nc1ncnn2c(-c3cc(CC)c4nc(N[C@H]5CCCNC5)ncc4c3)ccc12. The number of hydrogen-bond donors (Lipinski definition) is 3. The summed E-state index contributed by atoms with van der Waals surface area (Å²) in [6, 6.07) is 8.25. The van der Waals surface area contributed by atoms with Crippen LogP contribution in [0.4, 0.5) is 11.8 Å². The fourth-order valence-corrected chi connectivity index (χ4v) is 5.65. The maximum absolute atomic E-state index is 12.3. The van der Waals surface area contributed by atoms with Gasteiger partial charge in [0, 0.05) is 29.7 Å². The number of benzene rings is 1. The van der Waals surface area contributed by atoms with Gasteiger partial charge in [0.15, 0.2) is 5.82 Å². The van der Waals surface area contributed by atoms with E-state index in [-0.39, 0.29) is 11.6 Å². The molecule has 0 saturated carbocycles. The molecule has 0 aliphatic carbocycles. The van der Waals surface area contributed by atoms with E-state index < -0.39 is 10.0 Å². The third kappa shape index (κ3) is 4.92. The Hall–Kier alpha value is -3.31. The molecule has 1 aliphatic rings. The van der Waals surface area contributed by atoms with E-state index in [0.717, 1.165) is 60.1 Å². The lowest BCUT2D eigenvalue weighted by Crippen LogP contribution is -2.38. The fraction of sp³-hybridized carbons (Fsp3) is 0.417. The average molecular weight is 495 g/mol. The first-order chi connectivity index (χ1) is 17.0. The van der Waals surface area contributed by atoms with Gasteiger partial charge >= 0.3 is 0 Å². The minimum Gasteiger partial charge on any atom is -0.350 e. The van der Waals surface area contributed by atoms with Crippen LogP contribution in [0.25, 0.3) is 27.7 Å². The maximum atomic E-state index is 12.3. The van der Waals surface area contributed by atoms with Gasteiger partial charge in [-0.3, -0.25) is 4.72 Å². The van der Waals surface area contributed by atoms with Crippen LogP contribution in [0.2, 0.25) is 0 Å². The highest BCUT2D eigenvalue weighted by Gasteiger charge is 2.18. The maximum Gasteiger partial charge on any atom is 0.233 e. The van der Waals surface area contributed by atoms with Crippen molar-refractivity contribution in [3.63, 3.8) is 0 Å². The molecule has 0 spiro atoms. The monoisotopic (exact) mass is 494 g/mol. The lowest BCUT2D eigenvalue weighted by molar-refractivity contribution is 0.478. The van der Waals surface area contributed by atoms with Gasteiger partial charge in [-0.25, -0.2) is 27.9 Å². The third-order valence-corrected chi connectivity index (χ3v) is 7.70. The Labute approximate surface area is 204 Å². The van der Waals surface area contributed by atoms with E-state index in [2.05, 4.69) is 43.4 Å². The Morgan fingerprint density at radius 2 is 2.09 bits per heavy atom. The minimum absolute atomic E-state index is 0.0371. The summed E-state index contributed by atoms with van der Waals surface area (Å²) in [7, 11) is -3.47. The van der Waals surface area contributed by atoms with Gasteiger partial charge in [-0.15, -0.1) is 0 Å². The minimum atomic E-state index is -3.47. The van der Waals surface area contributed by atoms with Gasteiger partial charge in [0.1, 0.15) is 11.8 Å². The van der Waals surface area contributed by atoms with E-state index in [0.29, 0.717) is 23.9 Å². The van der Waals surface area contributed by atoms with E-state index in [1.807, 2.05) is 31.3 Å². The molecule has 1 saturated heterocycles. The molecule has 0 radical (unpaired) electrons. The summed E-state index contributed by atoms with van der Waals surface area (Å²) >= 11 is 0. The van der Waals surface area contributed by atoms with E-state index >= 15 is 0 Å². The summed E-state index contributed by atoms with van der Waals surface area (Å²) in [5.74, 6) is 0.959. The van der Waals surface area contributed by atoms with E-state index in [1.54, 1.807) is 4.52 Å². The highest BCUT2D eigenvalue weighted by atomic mass is 32.2. The summed E-state index contributed by atoms with van der Waals surface area (Å²) < 4.78 is 28.9. The molecule has 4 heterocycles. The first-order valence-corrected chi connectivity index (χ1v) is 13.7. The highest BCUT2D eigenvalue weighted by molar-refractivity contribution is 7.92. The van der Waals surface area contributed by atoms with Crippen LogP contribution in [-0.2, 0) is 16.4 Å². The van der Waals surface area contributed by atoms with Crippen LogP contribution in [0, 0.1) is 0 Å². The van der Waals surface area contributed by atoms with Gasteiger partial charge in [0.05, 0.1) is 17.0 Å². The van der Waals surface area contributed by atoms with Crippen molar-refractivity contribution in [3.8, 4) is 11.3 Å². The largest absolute Gasteiger partial charge is 0.350 e. The van der Waals surface area contributed by atoms with Crippen molar-refractivity contribution in [1.82, 2.24) is 29.9 Å². The molecular formula is C24H30N8O2S. The zero-order chi connectivity index (χ0) is 24.4. The number of hydrogen-bond acceptors (Lipinski definition) is 8. The van der Waals surface area contributed by atoms with Crippen molar-refractivity contribution < 1.29 is 8.42 Å². The number of anilines is 2. The van der Waals surface area contributed by atoms with Crippen LogP contribution in [0.1, 0.15) is 38.7 Å². The molecular weight excluding hydrogens is 464 g/mol. The van der Waals surface area contributed by atoms with Crippen LogP contribution in [0.3, 0.4) is 0 Å². The number of sulfonamides is 1. The molecule has 0 bridgehead atoms. The lowest BCUT2D eigenvalue weighted by Gasteiger charge is -2.23. The predicted octanol–water partition coefficient (Wildman–Crippen LogP) is 3.22. The second-order valence-electron chi connectivity index (χ2n) is 8.85. The van der Waals surface area contributed by atoms with Crippen molar-refractivity contribution in [2.75, 3.05) is 28.9 Å². The molecule has 11 heteroatoms. The van der Waals surface area contributed by atoms with Crippen molar-refractivity contribution in [2.24, 2.45) is 0 Å². The Bertz CT molecular complexity index is 1460. The standard InChI is InChI=1S/C24H30N8O2S/c1-3-10-35(33,34)31-23-21-8-7-20(32(21)28-15-27-23)17-11-16(4-2)22-18(12-17)13-26-24(30-22)29-19-6-5-9-25-14-19/h7-8,11-13,15,19,25H,3-6,9-10,14H2,1-2H3,(H,26,29,30)(H,27,28,31)/t19-/m0/s1. The molecule has 1 aliphatic heterocycles. The number of aryl methyl sites for hydroxylation is 1. The van der Waals surface area contributed by atoms with Crippen LogP contribution >= 0.6 is 0 Å². The fourth-order valence-electron chi connectivity index (χ4n) is 4.56. The van der Waals surface area contributed by atoms with E-state index in [1.165, 1.54) is 6.33 Å². The Morgan fingerprint density at radius 1 is 1.20 bits per heavy atom. The quantitative estimate of drug-likeness (QED) is 0.341. The highest BCUT2D eigenvalue weighted by Crippen LogP contribution is 2.30. The van der Waals surface area contributed by atoms with Gasteiger partial charge in [-0.2, -0.15) is 5.10 Å². The Morgan fingerprint density at radius 3 is 2.86 bits per heavy atom. The van der Waals surface area contributed by atoms with E-state index in [9.17, 15) is 8.42 Å². The van der Waals surface area contributed by atoms with Gasteiger partial charge < -0.3 is 10.6 Å². The topological polar surface area (TPSA) is 126 Å². The molecule has 10 nitrogen and oxygen atoms in total. The van der Waals surface area contributed by atoms with Gasteiger partial charge in [0.2, 0.25) is 16.0 Å². The molecule has 35 heavy (non-hydrogen) atoms. The first-order valence-electron chi connectivity index (χ1n) is 12.1. The van der Waals surface area contributed by atoms with E-state index in [4.69, 9.17) is 4.98 Å². The Balaban J connectivity index is 1.51. The lowest BCUT2D eigenvalue weighted by atomic mass is 10.0. The zero-order valence-corrected chi connectivity index (χ0v) is 20.8. The van der Waals surface area contributed by atoms with Crippen LogP contribution in [0.5, 0.6) is 0 Å². The molecule has 3 N–H and O–H groups in total. The van der Waals surface area contributed by atoms with Crippen LogP contribution < -0.4 is 15.4 Å². The molecule has 4 aromatic rings. The number of piperidine rings is 1. The van der Waals surface area contributed by atoms with Gasteiger partial charge in [-0.05, 0) is 62.1 Å². The number of fused-ring (bicyclic) bond motifs is 2. The number of rotatable bonds is 8. The molecule has 184 valence electrons. The molecule has 0 unspecified atom stereocenters. The smallest absolute Gasteiger partial charge is 0.233 e. The third-order valence-electron chi connectivity index (χ3n) is 6.25. The summed E-state index contributed by atoms with van der Waals surface area (Å²) in [4.78, 5) is 13.6. The van der Waals surface area contributed by atoms with Crippen molar-refractivity contribution in [3.05, 3.63) is 42.4 Å². The van der Waals surface area contributed by atoms with Crippen molar-refractivity contribution >= 4 is 38.2 Å². The molecule has 5 rings (SSSR count). The van der Waals surface area contributed by atoms with Crippen LogP contribution in [-0.4, -0.2) is 57.9 Å². The summed E-state index contributed by atoms with van der Waals surface area (Å²) in [5, 5.41) is 12.2. The van der Waals surface area contributed by atoms with Gasteiger partial charge in [-0.1, -0.05) is 13.8 Å². The molecule has 1 fully saturated rings. The molecule has 1 atom stereocenters. The molecule has 0 amide bonds. The normalized spacial score (nSPS) is 16.6. The summed E-state index contributed by atoms with van der Waals surface area (Å²) in [6.07, 6.45) is 6.81. The number of nitrogens with one attached hydrogen (secondary N) is 3. The predicted molar refractivity (Wildman–Crippen MR) is 138 cm³/mol. The Kier molecular flexibility index (Phi) is 6.52. The van der Waals surface area contributed by atoms with Crippen molar-refractivity contribution in [2.45, 2.75) is 45.6 Å². The molecule has 1 aromatic carbocycles. The van der Waals surface area contributed by atoms with Crippen LogP contribution in [0.15, 0.2) is 36.8 Å². The number of nitrogens with zero attached hydrogens (tertiary/aromatic N) is 5. The zero-order valence-electron chi connectivity index (χ0n) is 20.0. The second-order valence-corrected chi connectivity index (χ2v) is 10.7. The van der Waals surface area contributed by atoms with Gasteiger partial charge in [0.25, 0.3) is 0 Å².